The van der Waals surface area contributed by atoms with Crippen molar-refractivity contribution in [3.8, 4) is 0 Å². The molecule has 0 aliphatic carbocycles. The lowest BCUT2D eigenvalue weighted by Gasteiger charge is -2.18. The Balaban J connectivity index is 4.04. The molecule has 0 fully saturated rings. The molecule has 1 atom stereocenters. The molecule has 0 aromatic carbocycles. The molecule has 0 saturated heterocycles. The predicted octanol–water partition coefficient (Wildman–Crippen LogP) is 23.6. The van der Waals surface area contributed by atoms with Crippen LogP contribution in [0.2, 0.25) is 0 Å². The summed E-state index contributed by atoms with van der Waals surface area (Å²) in [5.74, 6) is -0.882. The molecule has 0 aromatic heterocycles. The zero-order valence-electron chi connectivity index (χ0n) is 52.8. The summed E-state index contributed by atoms with van der Waals surface area (Å²) in [7, 11) is 0. The van der Waals surface area contributed by atoms with Gasteiger partial charge in [0.1, 0.15) is 13.2 Å². The van der Waals surface area contributed by atoms with Gasteiger partial charge >= 0.3 is 17.9 Å². The van der Waals surface area contributed by atoms with Crippen molar-refractivity contribution in [2.75, 3.05) is 13.2 Å². The molecule has 0 aliphatic heterocycles. The van der Waals surface area contributed by atoms with E-state index in [1.165, 1.54) is 186 Å². The lowest BCUT2D eigenvalue weighted by Crippen LogP contribution is -2.30. The van der Waals surface area contributed by atoms with Crippen LogP contribution in [-0.2, 0) is 28.6 Å². The lowest BCUT2D eigenvalue weighted by molar-refractivity contribution is -0.167. The average molecular weight is 1110 g/mol. The van der Waals surface area contributed by atoms with E-state index in [1.54, 1.807) is 0 Å². The van der Waals surface area contributed by atoms with Crippen molar-refractivity contribution in [1.29, 1.82) is 0 Å². The number of carbonyl (C=O) groups is 3. The Morgan fingerprint density at radius 2 is 0.487 bits per heavy atom. The summed E-state index contributed by atoms with van der Waals surface area (Å²) in [4.78, 5) is 38.1. The number of esters is 3. The number of rotatable bonds is 62. The highest BCUT2D eigenvalue weighted by Gasteiger charge is 2.19. The van der Waals surface area contributed by atoms with Crippen LogP contribution >= 0.6 is 0 Å². The van der Waals surface area contributed by atoms with Crippen molar-refractivity contribution in [3.63, 3.8) is 0 Å². The molecule has 460 valence electrons. The van der Waals surface area contributed by atoms with Gasteiger partial charge in [0, 0.05) is 19.3 Å². The van der Waals surface area contributed by atoms with Crippen LogP contribution in [0.1, 0.15) is 335 Å². The highest BCUT2D eigenvalue weighted by molar-refractivity contribution is 5.71. The third-order valence-corrected chi connectivity index (χ3v) is 14.8. The van der Waals surface area contributed by atoms with Gasteiger partial charge in [0.2, 0.25) is 0 Å². The van der Waals surface area contributed by atoms with E-state index >= 15 is 0 Å². The molecule has 0 spiro atoms. The smallest absolute Gasteiger partial charge is 0.306 e. The Labute approximate surface area is 496 Å². The highest BCUT2D eigenvalue weighted by Crippen LogP contribution is 2.17. The molecule has 0 rings (SSSR count). The monoisotopic (exact) mass is 1110 g/mol. The number of unbranched alkanes of at least 4 members (excludes halogenated alkanes) is 35. The quantitative estimate of drug-likeness (QED) is 0.0261. The fraction of sp³-hybridized carbons (Fsp3) is 0.743. The SMILES string of the molecule is CC/C=C\C/C=C\C/C=C\C/C=C\C/C=C\CCCCCCCCCCCC(=O)OC(COC(=O)CCCCCCCC)COC(=O)CCCCCCCCCCCCCCCCCC/C=C\C/C=C\C/C=C\CCCCCCC. The molecule has 1 unspecified atom stereocenters. The van der Waals surface area contributed by atoms with E-state index in [0.29, 0.717) is 19.3 Å². The molecule has 0 aliphatic rings. The third-order valence-electron chi connectivity index (χ3n) is 14.8. The second-order valence-corrected chi connectivity index (χ2v) is 22.7. The third kappa shape index (κ3) is 65.1. The maximum Gasteiger partial charge on any atom is 0.306 e. The van der Waals surface area contributed by atoms with E-state index in [2.05, 4.69) is 118 Å². The molecule has 6 nitrogen and oxygen atoms in total. The summed E-state index contributed by atoms with van der Waals surface area (Å²) >= 11 is 0. The van der Waals surface area contributed by atoms with Crippen LogP contribution in [0.4, 0.5) is 0 Å². The summed E-state index contributed by atoms with van der Waals surface area (Å²) < 4.78 is 16.8. The Morgan fingerprint density at radius 1 is 0.263 bits per heavy atom. The van der Waals surface area contributed by atoms with Gasteiger partial charge in [0.25, 0.3) is 0 Å². The summed E-state index contributed by atoms with van der Waals surface area (Å²) in [6, 6.07) is 0. The number of allylic oxidation sites excluding steroid dienone is 16. The molecule has 0 aromatic rings. The van der Waals surface area contributed by atoms with Gasteiger partial charge in [-0.25, -0.2) is 0 Å². The minimum atomic E-state index is -0.778. The predicted molar refractivity (Wildman–Crippen MR) is 348 cm³/mol. The van der Waals surface area contributed by atoms with E-state index in [0.717, 1.165) is 109 Å². The minimum Gasteiger partial charge on any atom is -0.462 e. The number of hydrogen-bond acceptors (Lipinski definition) is 6. The highest BCUT2D eigenvalue weighted by atomic mass is 16.6. The molecule has 0 heterocycles. The van der Waals surface area contributed by atoms with Gasteiger partial charge in [-0.1, -0.05) is 311 Å². The first-order chi connectivity index (χ1) is 39.5. The first-order valence-electron chi connectivity index (χ1n) is 34.2. The van der Waals surface area contributed by atoms with Crippen LogP contribution in [0.25, 0.3) is 0 Å². The Hall–Kier alpha value is -3.67. The van der Waals surface area contributed by atoms with Gasteiger partial charge in [-0.15, -0.1) is 0 Å². The average Bonchev–Trinajstić information content (AvgIpc) is 3.46. The van der Waals surface area contributed by atoms with Gasteiger partial charge in [-0.05, 0) is 103 Å². The molecule has 0 saturated carbocycles. The molecule has 0 amide bonds. The maximum absolute atomic E-state index is 12.9. The van der Waals surface area contributed by atoms with Crippen LogP contribution in [0, 0.1) is 0 Å². The summed E-state index contributed by atoms with van der Waals surface area (Å²) in [5.41, 5.74) is 0. The van der Waals surface area contributed by atoms with Crippen molar-refractivity contribution in [2.45, 2.75) is 341 Å². The normalized spacial score (nSPS) is 12.7. The van der Waals surface area contributed by atoms with Gasteiger partial charge in [-0.2, -0.15) is 0 Å². The summed E-state index contributed by atoms with van der Waals surface area (Å²) in [5, 5.41) is 0. The van der Waals surface area contributed by atoms with Crippen LogP contribution in [0.3, 0.4) is 0 Å². The van der Waals surface area contributed by atoms with Gasteiger partial charge in [0.15, 0.2) is 6.10 Å². The van der Waals surface area contributed by atoms with Crippen molar-refractivity contribution in [1.82, 2.24) is 0 Å². The fourth-order valence-electron chi connectivity index (χ4n) is 9.71. The Bertz CT molecular complexity index is 1560. The standard InChI is InChI=1S/C74H128O6/c1-4-7-10-13-16-18-20-22-24-26-28-30-32-34-35-36-37-38-39-41-42-44-46-48-50-52-54-56-58-61-64-67-73(76)79-70-71(69-78-72(75)66-63-60-15-12-9-6-3)80-74(77)68-65-62-59-57-55-53-51-49-47-45-43-40-33-31-29-27-25-23-21-19-17-14-11-8-5-2/h8,11,17,19-20,22-23,25-26,28-29,31-32,34,40,43,71H,4-7,9-10,12-16,18,21,24,27,30,33,35-39,41-42,44-70H2,1-3H3/b11-8-,19-17-,22-20-,25-23-,28-26-,31-29-,34-32-,43-40-. The number of ether oxygens (including phenoxy) is 3. The van der Waals surface area contributed by atoms with Gasteiger partial charge < -0.3 is 14.2 Å². The fourth-order valence-corrected chi connectivity index (χ4v) is 9.71. The number of carbonyl (C=O) groups excluding carboxylic acids is 3. The molecular weight excluding hydrogens is 985 g/mol. The first-order valence-corrected chi connectivity index (χ1v) is 34.2. The van der Waals surface area contributed by atoms with E-state index in [-0.39, 0.29) is 31.1 Å². The van der Waals surface area contributed by atoms with E-state index < -0.39 is 6.10 Å². The molecular formula is C74H128O6. The van der Waals surface area contributed by atoms with Crippen LogP contribution < -0.4 is 0 Å². The first kappa shape index (κ1) is 76.3. The molecule has 0 radical (unpaired) electrons. The van der Waals surface area contributed by atoms with Gasteiger partial charge in [0.05, 0.1) is 0 Å². The molecule has 80 heavy (non-hydrogen) atoms. The number of hydrogen-bond donors (Lipinski definition) is 0. The second-order valence-electron chi connectivity index (χ2n) is 22.7. The minimum absolute atomic E-state index is 0.0774. The van der Waals surface area contributed by atoms with Crippen molar-refractivity contribution in [3.05, 3.63) is 97.2 Å². The molecule has 0 N–H and O–H groups in total. The topological polar surface area (TPSA) is 78.9 Å². The molecule has 6 heteroatoms. The lowest BCUT2D eigenvalue weighted by atomic mass is 10.0. The zero-order chi connectivity index (χ0) is 57.8. The largest absolute Gasteiger partial charge is 0.462 e. The van der Waals surface area contributed by atoms with E-state index in [9.17, 15) is 14.4 Å². The van der Waals surface area contributed by atoms with Crippen molar-refractivity contribution in [2.24, 2.45) is 0 Å². The van der Waals surface area contributed by atoms with E-state index in [1.807, 2.05) is 0 Å². The van der Waals surface area contributed by atoms with Crippen molar-refractivity contribution < 1.29 is 28.6 Å². The second kappa shape index (κ2) is 67.8. The Morgan fingerprint density at radius 3 is 0.762 bits per heavy atom. The van der Waals surface area contributed by atoms with Gasteiger partial charge in [-0.3, -0.25) is 14.4 Å². The molecule has 0 bridgehead atoms. The van der Waals surface area contributed by atoms with Crippen LogP contribution in [0.5, 0.6) is 0 Å². The van der Waals surface area contributed by atoms with E-state index in [4.69, 9.17) is 14.2 Å². The van der Waals surface area contributed by atoms with Crippen LogP contribution in [-0.4, -0.2) is 37.2 Å². The summed E-state index contributed by atoms with van der Waals surface area (Å²) in [6.07, 6.45) is 91.8. The zero-order valence-corrected chi connectivity index (χ0v) is 52.8. The Kier molecular flexibility index (Phi) is 64.7. The van der Waals surface area contributed by atoms with Crippen molar-refractivity contribution >= 4 is 17.9 Å². The summed E-state index contributed by atoms with van der Waals surface area (Å²) in [6.45, 7) is 6.48. The van der Waals surface area contributed by atoms with Crippen LogP contribution in [0.15, 0.2) is 97.2 Å². The maximum atomic E-state index is 12.9.